The number of phenolic OH excluding ortho intramolecular Hbond substituents is 1. The number of ether oxygens (including phenoxy) is 1. The van der Waals surface area contributed by atoms with Crippen molar-refractivity contribution >= 4 is 55.8 Å². The van der Waals surface area contributed by atoms with Crippen LogP contribution in [0.2, 0.25) is 0 Å². The van der Waals surface area contributed by atoms with Crippen LogP contribution in [-0.2, 0) is 9.53 Å². The fourth-order valence-corrected chi connectivity index (χ4v) is 4.44. The lowest BCUT2D eigenvalue weighted by atomic mass is 10.0. The monoisotopic (exact) mass is 573 g/mol. The van der Waals surface area contributed by atoms with E-state index in [0.717, 1.165) is 15.2 Å². The molecule has 0 saturated heterocycles. The molecule has 4 aromatic carbocycles. The molecule has 4 rings (SSSR count). The van der Waals surface area contributed by atoms with Crippen LogP contribution in [0.3, 0.4) is 0 Å². The quantitative estimate of drug-likeness (QED) is 0.0937. The van der Waals surface area contributed by atoms with E-state index in [-0.39, 0.29) is 11.7 Å². The molecule has 0 fully saturated rings. The molecule has 8 heteroatoms. The molecule has 0 aliphatic rings. The second-order valence-electron chi connectivity index (χ2n) is 8.66. The van der Waals surface area contributed by atoms with Crippen molar-refractivity contribution in [2.75, 3.05) is 16.4 Å². The minimum Gasteiger partial charge on any atom is -0.508 e. The second kappa shape index (κ2) is 12.8. The molecule has 0 aromatic heterocycles. The third kappa shape index (κ3) is 7.14. The van der Waals surface area contributed by atoms with E-state index >= 15 is 0 Å². The maximum absolute atomic E-state index is 12.9. The van der Waals surface area contributed by atoms with Gasteiger partial charge in [0.15, 0.2) is 0 Å². The first-order valence-corrected chi connectivity index (χ1v) is 13.0. The zero-order chi connectivity index (χ0) is 26.9. The highest BCUT2D eigenvalue weighted by Crippen LogP contribution is 2.34. The van der Waals surface area contributed by atoms with Crippen molar-refractivity contribution < 1.29 is 19.4 Å². The SMILES string of the molecule is Nc1ccccc1NC(=O)/C=C/CCC[C@@H](OC(=O)Nc1cccc2ccccc12)c1cc(Br)ccc1O. The average Bonchev–Trinajstić information content (AvgIpc) is 2.91. The molecule has 38 heavy (non-hydrogen) atoms. The maximum atomic E-state index is 12.9. The maximum Gasteiger partial charge on any atom is 0.412 e. The highest BCUT2D eigenvalue weighted by Gasteiger charge is 2.21. The van der Waals surface area contributed by atoms with Crippen LogP contribution in [0.15, 0.2) is 102 Å². The second-order valence-corrected chi connectivity index (χ2v) is 9.57. The lowest BCUT2D eigenvalue weighted by molar-refractivity contribution is -0.111. The molecule has 4 aromatic rings. The Hall–Kier alpha value is -4.30. The molecule has 0 unspecified atom stereocenters. The number of rotatable bonds is 9. The van der Waals surface area contributed by atoms with Crippen molar-refractivity contribution in [1.82, 2.24) is 0 Å². The van der Waals surface area contributed by atoms with Crippen LogP contribution in [0.4, 0.5) is 21.9 Å². The van der Waals surface area contributed by atoms with E-state index in [1.54, 1.807) is 48.5 Å². The first kappa shape index (κ1) is 26.8. The van der Waals surface area contributed by atoms with E-state index in [0.29, 0.717) is 41.9 Å². The number of carbonyl (C=O) groups excluding carboxylic acids is 2. The molecule has 0 heterocycles. The molecule has 0 radical (unpaired) electrons. The van der Waals surface area contributed by atoms with Crippen molar-refractivity contribution in [3.63, 3.8) is 0 Å². The predicted octanol–water partition coefficient (Wildman–Crippen LogP) is 7.55. The van der Waals surface area contributed by atoms with Gasteiger partial charge in [-0.15, -0.1) is 0 Å². The van der Waals surface area contributed by atoms with Crippen LogP contribution in [0.25, 0.3) is 10.8 Å². The third-order valence-electron chi connectivity index (χ3n) is 5.94. The number of nitrogens with one attached hydrogen (secondary N) is 2. The lowest BCUT2D eigenvalue weighted by Crippen LogP contribution is -2.18. The summed E-state index contributed by atoms with van der Waals surface area (Å²) in [6, 6.07) is 25.4. The van der Waals surface area contributed by atoms with Gasteiger partial charge in [-0.1, -0.05) is 70.5 Å². The molecule has 0 aliphatic carbocycles. The molecule has 0 aliphatic heterocycles. The van der Waals surface area contributed by atoms with Gasteiger partial charge in [-0.3, -0.25) is 10.1 Å². The molecule has 0 spiro atoms. The highest BCUT2D eigenvalue weighted by atomic mass is 79.9. The van der Waals surface area contributed by atoms with Crippen LogP contribution in [-0.4, -0.2) is 17.1 Å². The van der Waals surface area contributed by atoms with Crippen LogP contribution >= 0.6 is 15.9 Å². The zero-order valence-electron chi connectivity index (χ0n) is 20.6. The number of unbranched alkanes of at least 4 members (excludes halogenated alkanes) is 1. The number of hydrogen-bond donors (Lipinski definition) is 4. The van der Waals surface area contributed by atoms with E-state index in [4.69, 9.17) is 10.5 Å². The summed E-state index contributed by atoms with van der Waals surface area (Å²) in [5, 5.41) is 17.9. The van der Waals surface area contributed by atoms with E-state index in [1.165, 1.54) is 6.08 Å². The lowest BCUT2D eigenvalue weighted by Gasteiger charge is -2.20. The Labute approximate surface area is 229 Å². The van der Waals surface area contributed by atoms with E-state index < -0.39 is 12.2 Å². The van der Waals surface area contributed by atoms with Crippen molar-refractivity contribution in [3.8, 4) is 5.75 Å². The number of anilines is 3. The Bertz CT molecular complexity index is 1470. The van der Waals surface area contributed by atoms with E-state index in [2.05, 4.69) is 26.6 Å². The Morgan fingerprint density at radius 1 is 0.947 bits per heavy atom. The fourth-order valence-electron chi connectivity index (χ4n) is 4.06. The van der Waals surface area contributed by atoms with Gasteiger partial charge in [0.05, 0.1) is 17.1 Å². The summed E-state index contributed by atoms with van der Waals surface area (Å²) in [5.41, 5.74) is 8.04. The highest BCUT2D eigenvalue weighted by molar-refractivity contribution is 9.10. The third-order valence-corrected chi connectivity index (χ3v) is 6.43. The van der Waals surface area contributed by atoms with Crippen molar-refractivity contribution in [2.45, 2.75) is 25.4 Å². The summed E-state index contributed by atoms with van der Waals surface area (Å²) in [7, 11) is 0. The standard InChI is InChI=1S/C30H28BrN3O4/c31-21-17-18-27(35)23(19-21)28(15-2-1-3-16-29(36)33-26-13-7-6-12-24(26)32)38-30(37)34-25-14-8-10-20-9-4-5-11-22(20)25/h3-14,16-19,28,35H,1-2,15,32H2,(H,33,36)(H,34,37)/b16-3+/t28-/m1/s1. The van der Waals surface area contributed by atoms with Gasteiger partial charge in [0.2, 0.25) is 5.91 Å². The van der Waals surface area contributed by atoms with Gasteiger partial charge >= 0.3 is 6.09 Å². The largest absolute Gasteiger partial charge is 0.508 e. The van der Waals surface area contributed by atoms with Crippen molar-refractivity contribution in [3.05, 3.63) is 107 Å². The van der Waals surface area contributed by atoms with Gasteiger partial charge in [-0.05, 0) is 67.1 Å². The first-order valence-electron chi connectivity index (χ1n) is 12.2. The summed E-state index contributed by atoms with van der Waals surface area (Å²) in [6.07, 6.45) is 3.49. The van der Waals surface area contributed by atoms with Crippen LogP contribution in [0.1, 0.15) is 30.9 Å². The summed E-state index contributed by atoms with van der Waals surface area (Å²) in [5.74, 6) is -0.249. The van der Waals surface area contributed by atoms with Crippen molar-refractivity contribution in [1.29, 1.82) is 0 Å². The fraction of sp³-hybridized carbons (Fsp3) is 0.133. The number of para-hydroxylation sites is 2. The smallest absolute Gasteiger partial charge is 0.412 e. The van der Waals surface area contributed by atoms with Gasteiger partial charge < -0.3 is 20.9 Å². The van der Waals surface area contributed by atoms with Crippen molar-refractivity contribution in [2.24, 2.45) is 0 Å². The number of hydrogen-bond acceptors (Lipinski definition) is 5. The molecule has 7 nitrogen and oxygen atoms in total. The Morgan fingerprint density at radius 2 is 1.68 bits per heavy atom. The minimum atomic E-state index is -0.700. The molecule has 194 valence electrons. The molecular formula is C30H28BrN3O4. The van der Waals surface area contributed by atoms with Gasteiger partial charge in [0, 0.05) is 15.4 Å². The van der Waals surface area contributed by atoms with Crippen LogP contribution < -0.4 is 16.4 Å². The minimum absolute atomic E-state index is 0.0338. The number of carbonyl (C=O) groups is 2. The van der Waals surface area contributed by atoms with Gasteiger partial charge in [0.25, 0.3) is 0 Å². The molecule has 5 N–H and O–H groups in total. The number of halogens is 1. The number of allylic oxidation sites excluding steroid dienone is 1. The summed E-state index contributed by atoms with van der Waals surface area (Å²) in [4.78, 5) is 25.1. The van der Waals surface area contributed by atoms with Crippen LogP contribution in [0, 0.1) is 0 Å². The average molecular weight is 574 g/mol. The predicted molar refractivity (Wildman–Crippen MR) is 155 cm³/mol. The van der Waals surface area contributed by atoms with Crippen LogP contribution in [0.5, 0.6) is 5.75 Å². The normalized spacial score (nSPS) is 11.8. The Kier molecular flexibility index (Phi) is 9.00. The summed E-state index contributed by atoms with van der Waals surface area (Å²) in [6.45, 7) is 0. The number of nitrogens with two attached hydrogens (primary N) is 1. The van der Waals surface area contributed by atoms with Gasteiger partial charge in [0.1, 0.15) is 11.9 Å². The number of aromatic hydroxyl groups is 1. The Morgan fingerprint density at radius 3 is 2.53 bits per heavy atom. The summed E-state index contributed by atoms with van der Waals surface area (Å²) >= 11 is 3.42. The molecule has 2 amide bonds. The summed E-state index contributed by atoms with van der Waals surface area (Å²) < 4.78 is 6.55. The number of nitrogen functional groups attached to an aromatic ring is 1. The number of benzene rings is 4. The zero-order valence-corrected chi connectivity index (χ0v) is 22.1. The Balaban J connectivity index is 1.40. The number of amides is 2. The molecule has 1 atom stereocenters. The molecule has 0 bridgehead atoms. The molecular weight excluding hydrogens is 546 g/mol. The van der Waals surface area contributed by atoms with Gasteiger partial charge in [-0.25, -0.2) is 4.79 Å². The topological polar surface area (TPSA) is 114 Å². The van der Waals surface area contributed by atoms with E-state index in [1.807, 2.05) is 42.5 Å². The number of fused-ring (bicyclic) bond motifs is 1. The first-order chi connectivity index (χ1) is 18.4. The van der Waals surface area contributed by atoms with E-state index in [9.17, 15) is 14.7 Å². The van der Waals surface area contributed by atoms with Gasteiger partial charge in [-0.2, -0.15) is 0 Å². The molecule has 0 saturated carbocycles. The number of phenols is 1.